The summed E-state index contributed by atoms with van der Waals surface area (Å²) in [4.78, 5) is 30.0. The van der Waals surface area contributed by atoms with Crippen molar-refractivity contribution < 1.29 is 9.53 Å². The highest BCUT2D eigenvalue weighted by atomic mass is 32.2. The summed E-state index contributed by atoms with van der Waals surface area (Å²) in [6.07, 6.45) is 0. The van der Waals surface area contributed by atoms with Gasteiger partial charge in [0.05, 0.1) is 24.9 Å². The molecule has 0 unspecified atom stereocenters. The Labute approximate surface area is 180 Å². The predicted molar refractivity (Wildman–Crippen MR) is 119 cm³/mol. The first kappa shape index (κ1) is 20.2. The number of carbonyl (C=O) groups excluding carboxylic acids is 1. The van der Waals surface area contributed by atoms with Crippen molar-refractivity contribution in [2.75, 3.05) is 18.2 Å². The summed E-state index contributed by atoms with van der Waals surface area (Å²) in [7, 11) is 1.61. The van der Waals surface area contributed by atoms with E-state index in [4.69, 9.17) is 4.74 Å². The quantitative estimate of drug-likeness (QED) is 0.337. The van der Waals surface area contributed by atoms with Crippen LogP contribution in [0.2, 0.25) is 0 Å². The molecule has 0 saturated carbocycles. The van der Waals surface area contributed by atoms with Gasteiger partial charge in [-0.15, -0.1) is 11.3 Å². The van der Waals surface area contributed by atoms with Crippen molar-refractivity contribution in [1.82, 2.24) is 19.7 Å². The Kier molecular flexibility index (Phi) is 5.86. The van der Waals surface area contributed by atoms with Crippen LogP contribution in [0.4, 0.5) is 5.82 Å². The number of carbonyl (C=O) groups is 1. The zero-order valence-electron chi connectivity index (χ0n) is 16.3. The molecule has 154 valence electrons. The number of ether oxygens (including phenoxy) is 1. The highest BCUT2D eigenvalue weighted by Gasteiger charge is 2.15. The lowest BCUT2D eigenvalue weighted by atomic mass is 10.2. The molecule has 0 fully saturated rings. The summed E-state index contributed by atoms with van der Waals surface area (Å²) in [6.45, 7) is 2.21. The van der Waals surface area contributed by atoms with E-state index < -0.39 is 0 Å². The van der Waals surface area contributed by atoms with Crippen LogP contribution in [-0.4, -0.2) is 38.5 Å². The van der Waals surface area contributed by atoms with Crippen LogP contribution in [0, 0.1) is 6.92 Å². The van der Waals surface area contributed by atoms with Crippen LogP contribution in [0.1, 0.15) is 11.3 Å². The van der Waals surface area contributed by atoms with Crippen molar-refractivity contribution in [3.8, 4) is 5.75 Å². The Bertz CT molecular complexity index is 1240. The molecular formula is C20H19N5O3S2. The molecule has 0 aliphatic carbocycles. The maximum atomic E-state index is 13.1. The number of fused-ring (bicyclic) bond motifs is 1. The lowest BCUT2D eigenvalue weighted by molar-refractivity contribution is -0.113. The summed E-state index contributed by atoms with van der Waals surface area (Å²) in [5, 5.41) is 11.9. The van der Waals surface area contributed by atoms with E-state index in [1.807, 2.05) is 42.6 Å². The van der Waals surface area contributed by atoms with E-state index in [0.29, 0.717) is 27.7 Å². The summed E-state index contributed by atoms with van der Waals surface area (Å²) in [5.74, 6) is 1.10. The largest absolute Gasteiger partial charge is 0.497 e. The molecule has 4 rings (SSSR count). The molecule has 2 N–H and O–H groups in total. The number of hydrogen-bond donors (Lipinski definition) is 2. The van der Waals surface area contributed by atoms with Crippen molar-refractivity contribution in [3.63, 3.8) is 0 Å². The molecule has 1 aromatic carbocycles. The number of thioether (sulfide) groups is 1. The van der Waals surface area contributed by atoms with E-state index in [9.17, 15) is 9.59 Å². The molecule has 0 atom stereocenters. The zero-order chi connectivity index (χ0) is 21.1. The van der Waals surface area contributed by atoms with E-state index in [1.165, 1.54) is 23.1 Å². The van der Waals surface area contributed by atoms with Gasteiger partial charge in [0.15, 0.2) is 11.0 Å². The second-order valence-electron chi connectivity index (χ2n) is 6.54. The molecule has 8 nitrogen and oxygen atoms in total. The van der Waals surface area contributed by atoms with Gasteiger partial charge in [0.2, 0.25) is 5.91 Å². The third kappa shape index (κ3) is 4.39. The number of anilines is 1. The van der Waals surface area contributed by atoms with Gasteiger partial charge in [0.25, 0.3) is 5.56 Å². The maximum Gasteiger partial charge on any atom is 0.272 e. The number of aromatic nitrogens is 4. The molecule has 3 aromatic heterocycles. The van der Waals surface area contributed by atoms with Crippen LogP contribution in [0.5, 0.6) is 5.75 Å². The van der Waals surface area contributed by atoms with Crippen molar-refractivity contribution in [2.45, 2.75) is 18.6 Å². The zero-order valence-corrected chi connectivity index (χ0v) is 18.0. The first-order chi connectivity index (χ1) is 14.5. The lowest BCUT2D eigenvalue weighted by Crippen LogP contribution is -2.24. The number of aryl methyl sites for hydroxylation is 1. The Balaban J connectivity index is 1.58. The minimum Gasteiger partial charge on any atom is -0.497 e. The van der Waals surface area contributed by atoms with Gasteiger partial charge in [-0.3, -0.25) is 19.3 Å². The number of H-pyrrole nitrogens is 1. The molecule has 0 radical (unpaired) electrons. The van der Waals surface area contributed by atoms with Gasteiger partial charge in [-0.1, -0.05) is 23.9 Å². The van der Waals surface area contributed by atoms with Crippen LogP contribution in [0.3, 0.4) is 0 Å². The van der Waals surface area contributed by atoms with Crippen molar-refractivity contribution in [1.29, 1.82) is 0 Å². The van der Waals surface area contributed by atoms with E-state index >= 15 is 0 Å². The summed E-state index contributed by atoms with van der Waals surface area (Å²) in [6, 6.07) is 11.1. The van der Waals surface area contributed by atoms with Gasteiger partial charge >= 0.3 is 0 Å². The molecule has 0 aliphatic rings. The predicted octanol–water partition coefficient (Wildman–Crippen LogP) is 3.28. The van der Waals surface area contributed by atoms with E-state index in [-0.39, 0.29) is 17.2 Å². The van der Waals surface area contributed by atoms with Gasteiger partial charge in [0.1, 0.15) is 10.4 Å². The average Bonchev–Trinajstić information content (AvgIpc) is 3.38. The smallest absolute Gasteiger partial charge is 0.272 e. The van der Waals surface area contributed by atoms with Crippen molar-refractivity contribution in [2.24, 2.45) is 0 Å². The number of rotatable bonds is 7. The van der Waals surface area contributed by atoms with Crippen LogP contribution in [0.25, 0.3) is 10.2 Å². The van der Waals surface area contributed by atoms with Gasteiger partial charge < -0.3 is 10.1 Å². The fraction of sp³-hybridized carbons (Fsp3) is 0.200. The summed E-state index contributed by atoms with van der Waals surface area (Å²) in [5.41, 5.74) is 2.32. The minimum atomic E-state index is -0.220. The third-order valence-electron chi connectivity index (χ3n) is 4.34. The average molecular weight is 442 g/mol. The molecule has 1 amide bonds. The molecular weight excluding hydrogens is 422 g/mol. The number of thiophene rings is 1. The summed E-state index contributed by atoms with van der Waals surface area (Å²) >= 11 is 2.59. The molecule has 3 heterocycles. The van der Waals surface area contributed by atoms with E-state index in [2.05, 4.69) is 20.5 Å². The first-order valence-electron chi connectivity index (χ1n) is 9.09. The number of hydrogen-bond acceptors (Lipinski definition) is 7. The SMILES string of the molecule is COc1ccc(Cn2c(SCC(=O)Nc3cc(C)[nH]n3)nc3ccsc3c2=O)cc1. The normalized spacial score (nSPS) is 11.0. The molecule has 10 heteroatoms. The van der Waals surface area contributed by atoms with Crippen LogP contribution < -0.4 is 15.6 Å². The van der Waals surface area contributed by atoms with E-state index in [1.54, 1.807) is 17.7 Å². The van der Waals surface area contributed by atoms with Gasteiger partial charge in [-0.2, -0.15) is 5.10 Å². The number of amides is 1. The standard InChI is InChI=1S/C20H19N5O3S2/c1-12-9-16(24-23-12)22-17(26)11-30-20-21-15-7-8-29-18(15)19(27)25(20)10-13-3-5-14(28-2)6-4-13/h3-9H,10-11H2,1-2H3,(H2,22,23,24,26). The van der Waals surface area contributed by atoms with Crippen molar-refractivity contribution in [3.05, 3.63) is 63.4 Å². The monoisotopic (exact) mass is 441 g/mol. The topological polar surface area (TPSA) is 102 Å². The first-order valence-corrected chi connectivity index (χ1v) is 11.0. The van der Waals surface area contributed by atoms with E-state index in [0.717, 1.165) is 17.0 Å². The highest BCUT2D eigenvalue weighted by Crippen LogP contribution is 2.22. The van der Waals surface area contributed by atoms with Crippen LogP contribution in [-0.2, 0) is 11.3 Å². The number of aromatic amines is 1. The van der Waals surface area contributed by atoms with Gasteiger partial charge in [-0.05, 0) is 36.1 Å². The lowest BCUT2D eigenvalue weighted by Gasteiger charge is -2.12. The molecule has 30 heavy (non-hydrogen) atoms. The van der Waals surface area contributed by atoms with Gasteiger partial charge in [-0.25, -0.2) is 4.98 Å². The Morgan fingerprint density at radius 2 is 2.10 bits per heavy atom. The summed E-state index contributed by atoms with van der Waals surface area (Å²) < 4.78 is 7.40. The molecule has 4 aromatic rings. The Hall–Kier alpha value is -3.11. The third-order valence-corrected chi connectivity index (χ3v) is 6.20. The second-order valence-corrected chi connectivity index (χ2v) is 8.40. The molecule has 0 spiro atoms. The number of benzene rings is 1. The molecule has 0 bridgehead atoms. The van der Waals surface area contributed by atoms with Crippen molar-refractivity contribution >= 4 is 45.0 Å². The van der Waals surface area contributed by atoms with Crippen LogP contribution >= 0.6 is 23.1 Å². The fourth-order valence-corrected chi connectivity index (χ4v) is 4.45. The van der Waals surface area contributed by atoms with Gasteiger partial charge in [0, 0.05) is 11.8 Å². The maximum absolute atomic E-state index is 13.1. The number of nitrogens with zero attached hydrogens (tertiary/aromatic N) is 3. The molecule has 0 aliphatic heterocycles. The highest BCUT2D eigenvalue weighted by molar-refractivity contribution is 7.99. The second kappa shape index (κ2) is 8.72. The van der Waals surface area contributed by atoms with Crippen LogP contribution in [0.15, 0.2) is 51.7 Å². The number of methoxy groups -OCH3 is 1. The molecule has 0 saturated heterocycles. The Morgan fingerprint density at radius 1 is 1.30 bits per heavy atom. The fourth-order valence-electron chi connectivity index (χ4n) is 2.88. The minimum absolute atomic E-state index is 0.108. The Morgan fingerprint density at radius 3 is 2.80 bits per heavy atom. The number of nitrogens with one attached hydrogen (secondary N) is 2.